The second-order valence-corrected chi connectivity index (χ2v) is 9.73. The van der Waals surface area contributed by atoms with E-state index in [1.54, 1.807) is 24.4 Å². The van der Waals surface area contributed by atoms with E-state index >= 15 is 0 Å². The quantitative estimate of drug-likeness (QED) is 0.713. The first kappa shape index (κ1) is 16.9. The third-order valence-corrected chi connectivity index (χ3v) is 7.71. The second-order valence-electron chi connectivity index (χ2n) is 5.97. The number of ether oxygens (including phenoxy) is 1. The number of hydrogen-bond donors (Lipinski definition) is 1. The molecule has 1 aromatic carbocycles. The summed E-state index contributed by atoms with van der Waals surface area (Å²) in [5, 5.41) is 4.17. The Morgan fingerprint density at radius 3 is 2.88 bits per heavy atom. The van der Waals surface area contributed by atoms with Crippen LogP contribution in [0.2, 0.25) is 4.34 Å². The van der Waals surface area contributed by atoms with Crippen LogP contribution in [0.15, 0.2) is 46.8 Å². The molecule has 1 aliphatic heterocycles. The van der Waals surface area contributed by atoms with E-state index in [1.807, 2.05) is 12.1 Å². The van der Waals surface area contributed by atoms with Crippen LogP contribution >= 0.6 is 22.9 Å². The minimum atomic E-state index is -3.67. The number of fused-ring (bicyclic) bond motifs is 1. The van der Waals surface area contributed by atoms with Crippen LogP contribution in [-0.4, -0.2) is 31.6 Å². The van der Waals surface area contributed by atoms with E-state index in [1.165, 1.54) is 10.0 Å². The molecule has 1 saturated heterocycles. The van der Waals surface area contributed by atoms with Crippen LogP contribution in [0.5, 0.6) is 5.75 Å². The molecule has 1 unspecified atom stereocenters. The summed E-state index contributed by atoms with van der Waals surface area (Å²) in [4.78, 5) is 0. The highest BCUT2D eigenvalue weighted by Gasteiger charge is 2.22. The summed E-state index contributed by atoms with van der Waals surface area (Å²) in [6.45, 7) is 1.60. The summed E-state index contributed by atoms with van der Waals surface area (Å²) in [5.74, 6) is 0.698. The van der Waals surface area contributed by atoms with Crippen molar-refractivity contribution in [2.24, 2.45) is 0 Å². The van der Waals surface area contributed by atoms with Crippen LogP contribution < -0.4 is 10.1 Å². The van der Waals surface area contributed by atoms with Gasteiger partial charge in [0.15, 0.2) is 0 Å². The summed E-state index contributed by atoms with van der Waals surface area (Å²) in [7, 11) is -3.67. The largest absolute Gasteiger partial charge is 0.491 e. The van der Waals surface area contributed by atoms with E-state index in [2.05, 4.69) is 5.32 Å². The fourth-order valence-electron chi connectivity index (χ4n) is 3.07. The fraction of sp³-hybridized carbons (Fsp3) is 0.294. The predicted molar refractivity (Wildman–Crippen MR) is 100 cm³/mol. The Bertz CT molecular complexity index is 1000. The number of nitrogens with zero attached hydrogens (tertiary/aromatic N) is 1. The first-order valence-corrected chi connectivity index (χ1v) is 10.7. The lowest BCUT2D eigenvalue weighted by atomic mass is 10.2. The molecule has 1 atom stereocenters. The van der Waals surface area contributed by atoms with Crippen molar-refractivity contribution in [1.29, 1.82) is 0 Å². The Balaban J connectivity index is 1.68. The van der Waals surface area contributed by atoms with Crippen molar-refractivity contribution in [2.45, 2.75) is 23.1 Å². The molecule has 1 N–H and O–H groups in total. The van der Waals surface area contributed by atoms with E-state index in [9.17, 15) is 8.42 Å². The zero-order valence-electron chi connectivity index (χ0n) is 13.3. The minimum absolute atomic E-state index is 0.219. The van der Waals surface area contributed by atoms with Gasteiger partial charge >= 0.3 is 0 Å². The molecule has 132 valence electrons. The molecule has 0 bridgehead atoms. The molecule has 1 fully saturated rings. The van der Waals surface area contributed by atoms with Gasteiger partial charge in [-0.2, -0.15) is 8.42 Å². The lowest BCUT2D eigenvalue weighted by Crippen LogP contribution is -2.28. The molecule has 0 aliphatic carbocycles. The van der Waals surface area contributed by atoms with Crippen molar-refractivity contribution in [2.75, 3.05) is 13.2 Å². The Labute approximate surface area is 155 Å². The lowest BCUT2D eigenvalue weighted by molar-refractivity contribution is 0.280. The van der Waals surface area contributed by atoms with E-state index in [0.29, 0.717) is 28.3 Å². The van der Waals surface area contributed by atoms with Gasteiger partial charge in [0.05, 0.1) is 9.85 Å². The topological polar surface area (TPSA) is 60.3 Å². The second kappa shape index (κ2) is 6.64. The molecule has 3 aromatic rings. The van der Waals surface area contributed by atoms with Gasteiger partial charge in [0.2, 0.25) is 0 Å². The lowest BCUT2D eigenvalue weighted by Gasteiger charge is -2.13. The molecular formula is C17H17ClN2O3S2. The van der Waals surface area contributed by atoms with Crippen LogP contribution in [-0.2, 0) is 10.0 Å². The molecule has 8 heteroatoms. The Kier molecular flexibility index (Phi) is 4.49. The normalized spacial score (nSPS) is 18.0. The first-order valence-electron chi connectivity index (χ1n) is 8.03. The maximum atomic E-state index is 12.9. The summed E-state index contributed by atoms with van der Waals surface area (Å²) in [5.41, 5.74) is 0.599. The van der Waals surface area contributed by atoms with Crippen molar-refractivity contribution in [1.82, 2.24) is 9.29 Å². The average molecular weight is 397 g/mol. The number of benzene rings is 1. The summed E-state index contributed by atoms with van der Waals surface area (Å²) < 4.78 is 33.6. The van der Waals surface area contributed by atoms with Crippen LogP contribution in [0.3, 0.4) is 0 Å². The van der Waals surface area contributed by atoms with Crippen LogP contribution in [0.1, 0.15) is 12.8 Å². The number of aromatic nitrogens is 1. The Morgan fingerprint density at radius 2 is 2.16 bits per heavy atom. The van der Waals surface area contributed by atoms with Gasteiger partial charge in [0.1, 0.15) is 16.6 Å². The fourth-order valence-corrected chi connectivity index (χ4v) is 5.99. The molecule has 0 amide bonds. The monoisotopic (exact) mass is 396 g/mol. The molecule has 0 spiro atoms. The van der Waals surface area contributed by atoms with Gasteiger partial charge in [0, 0.05) is 17.6 Å². The van der Waals surface area contributed by atoms with Gasteiger partial charge in [-0.25, -0.2) is 3.97 Å². The average Bonchev–Trinajstić information content (AvgIpc) is 3.33. The van der Waals surface area contributed by atoms with Gasteiger partial charge < -0.3 is 10.1 Å². The molecular weight excluding hydrogens is 380 g/mol. The molecule has 0 radical (unpaired) electrons. The number of thiophene rings is 1. The third-order valence-electron chi connectivity index (χ3n) is 4.32. The maximum Gasteiger partial charge on any atom is 0.277 e. The number of rotatable bonds is 5. The first-order chi connectivity index (χ1) is 12.1. The maximum absolute atomic E-state index is 12.9. The predicted octanol–water partition coefficient (Wildman–Crippen LogP) is 3.72. The molecule has 3 heterocycles. The Hall–Kier alpha value is -1.54. The van der Waals surface area contributed by atoms with Crippen LogP contribution in [0.25, 0.3) is 10.9 Å². The van der Waals surface area contributed by atoms with Gasteiger partial charge in [-0.05, 0) is 49.7 Å². The molecule has 2 aromatic heterocycles. The van der Waals surface area contributed by atoms with E-state index in [0.717, 1.165) is 36.1 Å². The molecule has 4 rings (SSSR count). The number of halogens is 1. The third kappa shape index (κ3) is 3.17. The highest BCUT2D eigenvalue weighted by Crippen LogP contribution is 2.32. The van der Waals surface area contributed by atoms with Gasteiger partial charge in [-0.3, -0.25) is 0 Å². The van der Waals surface area contributed by atoms with E-state index in [4.69, 9.17) is 16.3 Å². The summed E-state index contributed by atoms with van der Waals surface area (Å²) in [6.07, 6.45) is 3.83. The zero-order chi connectivity index (χ0) is 17.4. The number of hydrogen-bond acceptors (Lipinski definition) is 5. The van der Waals surface area contributed by atoms with Crippen molar-refractivity contribution in [3.63, 3.8) is 0 Å². The standard InChI is InChI=1S/C17H17ClN2O3S2/c18-16-6-7-17(24-16)25(21,22)20-10-8-13-14(20)4-1-5-15(13)23-11-12-3-2-9-19-12/h1,4-8,10,12,19H,2-3,9,11H2. The van der Waals surface area contributed by atoms with Gasteiger partial charge in [-0.1, -0.05) is 17.7 Å². The van der Waals surface area contributed by atoms with Gasteiger partial charge in [-0.15, -0.1) is 11.3 Å². The van der Waals surface area contributed by atoms with Crippen molar-refractivity contribution < 1.29 is 13.2 Å². The van der Waals surface area contributed by atoms with Crippen LogP contribution in [0, 0.1) is 0 Å². The minimum Gasteiger partial charge on any atom is -0.491 e. The zero-order valence-corrected chi connectivity index (χ0v) is 15.7. The summed E-state index contributed by atoms with van der Waals surface area (Å²) >= 11 is 6.94. The Morgan fingerprint density at radius 1 is 1.28 bits per heavy atom. The SMILES string of the molecule is O=S(=O)(c1ccc(Cl)s1)n1ccc2c(OCC3CCCN3)cccc21. The van der Waals surface area contributed by atoms with Crippen molar-refractivity contribution in [3.8, 4) is 5.75 Å². The highest BCUT2D eigenvalue weighted by molar-refractivity contribution is 7.92. The van der Waals surface area contributed by atoms with E-state index in [-0.39, 0.29) is 4.21 Å². The molecule has 0 saturated carbocycles. The molecule has 25 heavy (non-hydrogen) atoms. The van der Waals surface area contributed by atoms with E-state index < -0.39 is 10.0 Å². The van der Waals surface area contributed by atoms with Crippen LogP contribution in [0.4, 0.5) is 0 Å². The number of nitrogens with one attached hydrogen (secondary N) is 1. The van der Waals surface area contributed by atoms with Crippen molar-refractivity contribution in [3.05, 3.63) is 46.9 Å². The smallest absolute Gasteiger partial charge is 0.277 e. The molecule has 5 nitrogen and oxygen atoms in total. The van der Waals surface area contributed by atoms with Gasteiger partial charge in [0.25, 0.3) is 10.0 Å². The summed E-state index contributed by atoms with van der Waals surface area (Å²) in [6, 6.07) is 10.7. The highest BCUT2D eigenvalue weighted by atomic mass is 35.5. The molecule has 1 aliphatic rings. The van der Waals surface area contributed by atoms with Crippen molar-refractivity contribution >= 4 is 43.9 Å².